The van der Waals surface area contributed by atoms with Crippen LogP contribution in [0, 0.1) is 22.7 Å². The van der Waals surface area contributed by atoms with Crippen LogP contribution in [0.25, 0.3) is 38.6 Å². The second kappa shape index (κ2) is 7.81. The van der Waals surface area contributed by atoms with E-state index in [1.165, 1.54) is 0 Å². The van der Waals surface area contributed by atoms with Crippen LogP contribution in [0.1, 0.15) is 11.1 Å². The quantitative estimate of drug-likeness (QED) is 0.273. The fourth-order valence-corrected chi connectivity index (χ4v) is 8.72. The molecule has 0 saturated heterocycles. The Bertz CT molecular complexity index is 2010. The highest BCUT2D eigenvalue weighted by molar-refractivity contribution is 7.86. The Morgan fingerprint density at radius 2 is 1.27 bits per heavy atom. The van der Waals surface area contributed by atoms with Crippen molar-refractivity contribution in [3.05, 3.63) is 120 Å². The molecule has 0 radical (unpaired) electrons. The maximum Gasteiger partial charge on any atom is 0.172 e. The molecule has 1 aliphatic rings. The summed E-state index contributed by atoms with van der Waals surface area (Å²) in [6.07, 6.45) is 0. The molecular weight excluding hydrogens is 473 g/mol. The first-order chi connectivity index (χ1) is 18.1. The summed E-state index contributed by atoms with van der Waals surface area (Å²) in [6.45, 7) is 0. The molecule has 0 aliphatic carbocycles. The van der Waals surface area contributed by atoms with Crippen LogP contribution < -0.4 is 15.9 Å². The number of fused-ring (bicyclic) bond motifs is 6. The number of hydrogen-bond donors (Lipinski definition) is 0. The molecule has 1 aromatic heterocycles. The number of nitriles is 2. The molecule has 0 saturated carbocycles. The van der Waals surface area contributed by atoms with Gasteiger partial charge in [0.15, 0.2) is 7.14 Å². The zero-order valence-corrected chi connectivity index (χ0v) is 20.5. The van der Waals surface area contributed by atoms with Crippen LogP contribution >= 0.6 is 7.14 Å². The molecule has 0 N–H and O–H groups in total. The highest BCUT2D eigenvalue weighted by Gasteiger charge is 2.40. The minimum atomic E-state index is -3.07. The second-order valence-electron chi connectivity index (χ2n) is 9.19. The Balaban J connectivity index is 1.63. The normalized spacial score (nSPS) is 15.7. The standard InChI is InChI=1S/C32H18N3OP/c33-19-21-14-22(20-34)16-23(15-21)35-29-12-6-4-10-25(29)27-18-32-28(17-30(27)35)26-11-5-7-13-31(26)37(32,36)24-8-2-1-3-9-24/h1-18H. The van der Waals surface area contributed by atoms with Gasteiger partial charge in [-0.3, -0.25) is 0 Å². The lowest BCUT2D eigenvalue weighted by Crippen LogP contribution is -2.20. The third kappa shape index (κ3) is 2.91. The van der Waals surface area contributed by atoms with E-state index in [-0.39, 0.29) is 0 Å². The average molecular weight is 491 g/mol. The summed E-state index contributed by atoms with van der Waals surface area (Å²) in [5.74, 6) is 0. The minimum Gasteiger partial charge on any atom is -0.309 e. The van der Waals surface area contributed by atoms with E-state index in [2.05, 4.69) is 34.9 Å². The van der Waals surface area contributed by atoms with Gasteiger partial charge in [0.1, 0.15) is 0 Å². The molecule has 0 bridgehead atoms. The first kappa shape index (κ1) is 21.4. The topological polar surface area (TPSA) is 69.6 Å². The summed E-state index contributed by atoms with van der Waals surface area (Å²) in [6, 6.07) is 39.6. The van der Waals surface area contributed by atoms with Gasteiger partial charge in [-0.2, -0.15) is 10.5 Å². The molecule has 5 aromatic carbocycles. The molecule has 5 heteroatoms. The fraction of sp³-hybridized carbons (Fsp3) is 0. The van der Waals surface area contributed by atoms with Crippen LogP contribution in [0.15, 0.2) is 109 Å². The maximum atomic E-state index is 15.0. The van der Waals surface area contributed by atoms with Gasteiger partial charge in [-0.15, -0.1) is 0 Å². The molecule has 4 nitrogen and oxygen atoms in total. The van der Waals surface area contributed by atoms with Gasteiger partial charge in [0.25, 0.3) is 0 Å². The summed E-state index contributed by atoms with van der Waals surface area (Å²) in [5.41, 5.74) is 5.45. The zero-order chi connectivity index (χ0) is 25.1. The van der Waals surface area contributed by atoms with Crippen molar-refractivity contribution in [3.8, 4) is 29.0 Å². The van der Waals surface area contributed by atoms with Crippen molar-refractivity contribution in [1.29, 1.82) is 10.5 Å². The van der Waals surface area contributed by atoms with E-state index >= 15 is 4.57 Å². The van der Waals surface area contributed by atoms with E-state index in [0.717, 1.165) is 54.5 Å². The van der Waals surface area contributed by atoms with Gasteiger partial charge in [-0.05, 0) is 47.5 Å². The Hall–Kier alpha value is -4.89. The molecule has 6 aromatic rings. The predicted octanol–water partition coefficient (Wildman–Crippen LogP) is 6.15. The average Bonchev–Trinajstić information content (AvgIpc) is 3.42. The highest BCUT2D eigenvalue weighted by Crippen LogP contribution is 2.53. The van der Waals surface area contributed by atoms with Crippen molar-refractivity contribution in [3.63, 3.8) is 0 Å². The van der Waals surface area contributed by atoms with Crippen molar-refractivity contribution in [2.75, 3.05) is 0 Å². The van der Waals surface area contributed by atoms with Gasteiger partial charge in [0, 0.05) is 32.4 Å². The molecule has 0 fully saturated rings. The van der Waals surface area contributed by atoms with Crippen LogP contribution in [-0.2, 0) is 4.57 Å². The van der Waals surface area contributed by atoms with Crippen LogP contribution in [0.3, 0.4) is 0 Å². The summed E-state index contributed by atoms with van der Waals surface area (Å²) in [5, 5.41) is 23.8. The van der Waals surface area contributed by atoms with Crippen LogP contribution in [0.5, 0.6) is 0 Å². The van der Waals surface area contributed by atoms with Crippen molar-refractivity contribution >= 4 is 44.9 Å². The van der Waals surface area contributed by atoms with Gasteiger partial charge < -0.3 is 9.13 Å². The maximum absolute atomic E-state index is 15.0. The number of para-hydroxylation sites is 1. The number of aromatic nitrogens is 1. The Morgan fingerprint density at radius 3 is 2.03 bits per heavy atom. The molecule has 1 unspecified atom stereocenters. The summed E-state index contributed by atoms with van der Waals surface area (Å²) >= 11 is 0. The first-order valence-electron chi connectivity index (χ1n) is 11.9. The number of nitrogens with zero attached hydrogens (tertiary/aromatic N) is 3. The first-order valence-corrected chi connectivity index (χ1v) is 13.6. The summed E-state index contributed by atoms with van der Waals surface area (Å²) in [4.78, 5) is 0. The molecule has 0 spiro atoms. The lowest BCUT2D eigenvalue weighted by Gasteiger charge is -2.16. The minimum absolute atomic E-state index is 0.431. The van der Waals surface area contributed by atoms with Gasteiger partial charge in [0.2, 0.25) is 0 Å². The third-order valence-corrected chi connectivity index (χ3v) is 10.4. The molecular formula is C32H18N3OP. The predicted molar refractivity (Wildman–Crippen MR) is 149 cm³/mol. The van der Waals surface area contributed by atoms with E-state index in [1.807, 2.05) is 84.9 Å². The molecule has 172 valence electrons. The summed E-state index contributed by atoms with van der Waals surface area (Å²) < 4.78 is 17.1. The Kier molecular flexibility index (Phi) is 4.51. The van der Waals surface area contributed by atoms with Crippen molar-refractivity contribution in [1.82, 2.24) is 4.57 Å². The smallest absolute Gasteiger partial charge is 0.172 e. The molecule has 1 aliphatic heterocycles. The lowest BCUT2D eigenvalue weighted by molar-refractivity contribution is 0.593. The van der Waals surface area contributed by atoms with Crippen LogP contribution in [0.2, 0.25) is 0 Å². The van der Waals surface area contributed by atoms with E-state index in [1.54, 1.807) is 6.07 Å². The number of hydrogen-bond acceptors (Lipinski definition) is 3. The molecule has 37 heavy (non-hydrogen) atoms. The third-order valence-electron chi connectivity index (χ3n) is 7.22. The van der Waals surface area contributed by atoms with Crippen molar-refractivity contribution in [2.24, 2.45) is 0 Å². The highest BCUT2D eigenvalue weighted by atomic mass is 31.2. The Labute approximate surface area is 213 Å². The van der Waals surface area contributed by atoms with Gasteiger partial charge >= 0.3 is 0 Å². The van der Waals surface area contributed by atoms with Gasteiger partial charge in [0.05, 0.1) is 34.3 Å². The SMILES string of the molecule is N#Cc1cc(C#N)cc(-n2c3ccccc3c3cc4c(cc32)-c2ccccc2P4(=O)c2ccccc2)c1. The molecule has 2 heterocycles. The Morgan fingerprint density at radius 1 is 0.595 bits per heavy atom. The van der Waals surface area contributed by atoms with Gasteiger partial charge in [-0.25, -0.2) is 0 Å². The van der Waals surface area contributed by atoms with E-state index in [0.29, 0.717) is 11.1 Å². The second-order valence-corrected chi connectivity index (χ2v) is 11.9. The van der Waals surface area contributed by atoms with E-state index < -0.39 is 7.14 Å². The van der Waals surface area contributed by atoms with E-state index in [4.69, 9.17) is 0 Å². The van der Waals surface area contributed by atoms with Crippen molar-refractivity contribution in [2.45, 2.75) is 0 Å². The molecule has 1 atom stereocenters. The van der Waals surface area contributed by atoms with Crippen LogP contribution in [0.4, 0.5) is 0 Å². The van der Waals surface area contributed by atoms with E-state index in [9.17, 15) is 10.5 Å². The van der Waals surface area contributed by atoms with Gasteiger partial charge in [-0.1, -0.05) is 72.8 Å². The lowest BCUT2D eigenvalue weighted by atomic mass is 10.0. The monoisotopic (exact) mass is 491 g/mol. The number of benzene rings is 5. The summed E-state index contributed by atoms with van der Waals surface area (Å²) in [7, 11) is -3.07. The largest absolute Gasteiger partial charge is 0.309 e. The van der Waals surface area contributed by atoms with Crippen LogP contribution in [-0.4, -0.2) is 4.57 Å². The fourth-order valence-electron chi connectivity index (χ4n) is 5.65. The zero-order valence-electron chi connectivity index (χ0n) is 19.6. The number of rotatable bonds is 2. The molecule has 7 rings (SSSR count). The van der Waals surface area contributed by atoms with Crippen molar-refractivity contribution < 1.29 is 4.57 Å². The molecule has 0 amide bonds.